The maximum Gasteiger partial charge on any atom is 0.221 e. The molecule has 0 amide bonds. The van der Waals surface area contributed by atoms with Crippen LogP contribution in [0, 0.1) is 0 Å². The number of ether oxygens (including phenoxy) is 3. The van der Waals surface area contributed by atoms with Crippen molar-refractivity contribution in [2.45, 2.75) is 6.42 Å². The molecule has 0 aliphatic rings. The number of aromatic nitrogens is 2. The molecule has 6 N–H and O–H groups in total. The number of rotatable bonds is 6. The molecule has 0 unspecified atom stereocenters. The van der Waals surface area contributed by atoms with E-state index in [9.17, 15) is 0 Å². The van der Waals surface area contributed by atoms with Crippen molar-refractivity contribution in [3.05, 3.63) is 53.7 Å². The monoisotopic (exact) mass is 367 g/mol. The van der Waals surface area contributed by atoms with E-state index in [1.165, 1.54) is 0 Å². The van der Waals surface area contributed by atoms with Crippen LogP contribution in [0.25, 0.3) is 0 Å². The van der Waals surface area contributed by atoms with E-state index in [1.54, 1.807) is 44.7 Å². The highest BCUT2D eigenvalue weighted by atomic mass is 16.5. The molecule has 0 aliphatic heterocycles. The second kappa shape index (κ2) is 7.69. The summed E-state index contributed by atoms with van der Waals surface area (Å²) in [5.41, 5.74) is 19.5. The van der Waals surface area contributed by atoms with Crippen molar-refractivity contribution in [1.82, 2.24) is 9.97 Å². The van der Waals surface area contributed by atoms with E-state index >= 15 is 0 Å². The normalized spacial score (nSPS) is 10.4. The second-order valence-electron chi connectivity index (χ2n) is 5.82. The highest BCUT2D eigenvalue weighted by Gasteiger charge is 2.16. The second-order valence-corrected chi connectivity index (χ2v) is 5.82. The molecular weight excluding hydrogens is 346 g/mol. The average molecular weight is 367 g/mol. The van der Waals surface area contributed by atoms with Crippen LogP contribution in [0.1, 0.15) is 11.1 Å². The van der Waals surface area contributed by atoms with Gasteiger partial charge in [-0.15, -0.1) is 0 Å². The fourth-order valence-electron chi connectivity index (χ4n) is 2.58. The summed E-state index contributed by atoms with van der Waals surface area (Å²) in [5.74, 6) is 2.60. The van der Waals surface area contributed by atoms with Crippen LogP contribution in [-0.2, 0) is 6.42 Å². The first-order valence-electron chi connectivity index (χ1n) is 8.15. The molecule has 0 saturated carbocycles. The van der Waals surface area contributed by atoms with Gasteiger partial charge in [0.1, 0.15) is 11.6 Å². The Morgan fingerprint density at radius 3 is 2.11 bits per heavy atom. The van der Waals surface area contributed by atoms with E-state index in [2.05, 4.69) is 9.97 Å². The van der Waals surface area contributed by atoms with E-state index in [4.69, 9.17) is 31.4 Å². The third-order valence-electron chi connectivity index (χ3n) is 3.93. The Balaban J connectivity index is 1.95. The van der Waals surface area contributed by atoms with Crippen molar-refractivity contribution >= 4 is 17.5 Å². The van der Waals surface area contributed by atoms with Crippen molar-refractivity contribution in [3.8, 4) is 23.0 Å². The van der Waals surface area contributed by atoms with Crippen molar-refractivity contribution in [2.24, 2.45) is 0 Å². The zero-order valence-corrected chi connectivity index (χ0v) is 15.1. The van der Waals surface area contributed by atoms with E-state index in [0.29, 0.717) is 40.9 Å². The summed E-state index contributed by atoms with van der Waals surface area (Å²) in [6, 6.07) is 10.8. The van der Waals surface area contributed by atoms with Gasteiger partial charge in [0.05, 0.1) is 14.2 Å². The third-order valence-corrected chi connectivity index (χ3v) is 3.93. The molecular formula is C19H21N5O3. The lowest BCUT2D eigenvalue weighted by Crippen LogP contribution is -2.04. The molecule has 2 aromatic carbocycles. The van der Waals surface area contributed by atoms with Crippen LogP contribution in [0.4, 0.5) is 17.5 Å². The lowest BCUT2D eigenvalue weighted by atomic mass is 10.1. The standard InChI is InChI=1S/C19H21N5O3/c1-25-15-8-11(7-12-10-23-19(22)24-18(12)21)9-16(26-2)17(15)27-14-5-3-13(20)4-6-14/h3-6,8-10H,7,20H2,1-2H3,(H4,21,22,23,24). The number of methoxy groups -OCH3 is 2. The van der Waals surface area contributed by atoms with Gasteiger partial charge in [0, 0.05) is 23.9 Å². The first kappa shape index (κ1) is 18.1. The van der Waals surface area contributed by atoms with Gasteiger partial charge in [0.15, 0.2) is 11.5 Å². The summed E-state index contributed by atoms with van der Waals surface area (Å²) in [6.07, 6.45) is 2.09. The number of nitrogens with zero attached hydrogens (tertiary/aromatic N) is 2. The third kappa shape index (κ3) is 4.12. The Labute approximate surface area is 156 Å². The molecule has 8 nitrogen and oxygen atoms in total. The van der Waals surface area contributed by atoms with Crippen molar-refractivity contribution in [3.63, 3.8) is 0 Å². The molecule has 27 heavy (non-hydrogen) atoms. The zero-order chi connectivity index (χ0) is 19.4. The van der Waals surface area contributed by atoms with Gasteiger partial charge < -0.3 is 31.4 Å². The number of nitrogen functional groups attached to an aromatic ring is 3. The Morgan fingerprint density at radius 2 is 1.56 bits per heavy atom. The largest absolute Gasteiger partial charge is 0.493 e. The molecule has 0 spiro atoms. The molecule has 140 valence electrons. The van der Waals surface area contributed by atoms with Crippen molar-refractivity contribution in [2.75, 3.05) is 31.4 Å². The van der Waals surface area contributed by atoms with Crippen LogP contribution in [0.5, 0.6) is 23.0 Å². The number of hydrogen-bond acceptors (Lipinski definition) is 8. The molecule has 3 rings (SSSR count). The zero-order valence-electron chi connectivity index (χ0n) is 15.1. The summed E-state index contributed by atoms with van der Waals surface area (Å²) in [6.45, 7) is 0. The Kier molecular flexibility index (Phi) is 5.16. The van der Waals surface area contributed by atoms with Crippen molar-refractivity contribution < 1.29 is 14.2 Å². The fraction of sp³-hybridized carbons (Fsp3) is 0.158. The summed E-state index contributed by atoms with van der Waals surface area (Å²) >= 11 is 0. The minimum absolute atomic E-state index is 0.138. The number of hydrogen-bond donors (Lipinski definition) is 3. The van der Waals surface area contributed by atoms with Crippen LogP contribution in [0.2, 0.25) is 0 Å². The number of anilines is 3. The molecule has 8 heteroatoms. The summed E-state index contributed by atoms with van der Waals surface area (Å²) in [7, 11) is 3.13. The first-order valence-corrected chi connectivity index (χ1v) is 8.15. The van der Waals surface area contributed by atoms with Gasteiger partial charge >= 0.3 is 0 Å². The van der Waals surface area contributed by atoms with Crippen LogP contribution in [-0.4, -0.2) is 24.2 Å². The quantitative estimate of drug-likeness (QED) is 0.567. The molecule has 0 saturated heterocycles. The van der Waals surface area contributed by atoms with Crippen LogP contribution in [0.3, 0.4) is 0 Å². The van der Waals surface area contributed by atoms with E-state index in [1.807, 2.05) is 12.1 Å². The van der Waals surface area contributed by atoms with Gasteiger partial charge in [-0.2, -0.15) is 4.98 Å². The highest BCUT2D eigenvalue weighted by Crippen LogP contribution is 2.42. The van der Waals surface area contributed by atoms with E-state index < -0.39 is 0 Å². The first-order chi connectivity index (χ1) is 13.0. The molecule has 0 radical (unpaired) electrons. The Hall–Kier alpha value is -3.68. The SMILES string of the molecule is COc1cc(Cc2cnc(N)nc2N)cc(OC)c1Oc1ccc(N)cc1. The van der Waals surface area contributed by atoms with Crippen molar-refractivity contribution in [1.29, 1.82) is 0 Å². The van der Waals surface area contributed by atoms with E-state index in [0.717, 1.165) is 11.1 Å². The number of benzene rings is 2. The summed E-state index contributed by atoms with van der Waals surface area (Å²) in [4.78, 5) is 7.97. The molecule has 0 fully saturated rings. The van der Waals surface area contributed by atoms with Gasteiger partial charge in [0.25, 0.3) is 0 Å². The van der Waals surface area contributed by atoms with Crippen LogP contribution in [0.15, 0.2) is 42.6 Å². The molecule has 0 bridgehead atoms. The van der Waals surface area contributed by atoms with Gasteiger partial charge in [-0.25, -0.2) is 4.98 Å². The Bertz CT molecular complexity index is 920. The molecule has 1 heterocycles. The smallest absolute Gasteiger partial charge is 0.221 e. The topological polar surface area (TPSA) is 132 Å². The minimum atomic E-state index is 0.138. The lowest BCUT2D eigenvalue weighted by Gasteiger charge is -2.16. The minimum Gasteiger partial charge on any atom is -0.493 e. The fourth-order valence-corrected chi connectivity index (χ4v) is 2.58. The predicted molar refractivity (Wildman–Crippen MR) is 104 cm³/mol. The molecule has 0 atom stereocenters. The summed E-state index contributed by atoms with van der Waals surface area (Å²) < 4.78 is 16.9. The summed E-state index contributed by atoms with van der Waals surface area (Å²) in [5, 5.41) is 0. The van der Waals surface area contributed by atoms with Crippen LogP contribution < -0.4 is 31.4 Å². The average Bonchev–Trinajstić information content (AvgIpc) is 2.66. The van der Waals surface area contributed by atoms with E-state index in [-0.39, 0.29) is 5.95 Å². The van der Waals surface area contributed by atoms with Gasteiger partial charge in [-0.05, 0) is 42.0 Å². The van der Waals surface area contributed by atoms with Crippen LogP contribution >= 0.6 is 0 Å². The van der Waals surface area contributed by atoms with Gasteiger partial charge in [-0.3, -0.25) is 0 Å². The maximum absolute atomic E-state index is 5.95. The molecule has 3 aromatic rings. The number of nitrogens with two attached hydrogens (primary N) is 3. The predicted octanol–water partition coefficient (Wildman–Crippen LogP) is 2.62. The maximum atomic E-state index is 5.95. The Morgan fingerprint density at radius 1 is 0.926 bits per heavy atom. The molecule has 1 aromatic heterocycles. The highest BCUT2D eigenvalue weighted by molar-refractivity contribution is 5.57. The molecule has 0 aliphatic carbocycles. The van der Waals surface area contributed by atoms with Gasteiger partial charge in [-0.1, -0.05) is 0 Å². The lowest BCUT2D eigenvalue weighted by molar-refractivity contribution is 0.345. The van der Waals surface area contributed by atoms with Gasteiger partial charge in [0.2, 0.25) is 11.7 Å².